The second-order valence-corrected chi connectivity index (χ2v) is 6.57. The lowest BCUT2D eigenvalue weighted by atomic mass is 9.96. The highest BCUT2D eigenvalue weighted by atomic mass is 16.5. The summed E-state index contributed by atoms with van der Waals surface area (Å²) in [7, 11) is 0. The molecular formula is C15H22N6O. The van der Waals surface area contributed by atoms with Crippen molar-refractivity contribution < 1.29 is 4.52 Å². The van der Waals surface area contributed by atoms with E-state index in [1.165, 1.54) is 0 Å². The second kappa shape index (κ2) is 6.00. The van der Waals surface area contributed by atoms with E-state index in [-0.39, 0.29) is 5.41 Å². The van der Waals surface area contributed by atoms with Gasteiger partial charge in [0.15, 0.2) is 5.82 Å². The molecule has 3 rings (SSSR count). The van der Waals surface area contributed by atoms with E-state index >= 15 is 0 Å². The minimum atomic E-state index is -0.0783. The average molecular weight is 302 g/mol. The Labute approximate surface area is 130 Å². The maximum absolute atomic E-state index is 5.36. The van der Waals surface area contributed by atoms with Gasteiger partial charge in [-0.05, 0) is 6.07 Å². The topological polar surface area (TPSA) is 71.2 Å². The van der Waals surface area contributed by atoms with Crippen LogP contribution in [0.25, 0.3) is 0 Å². The van der Waals surface area contributed by atoms with Gasteiger partial charge in [0.25, 0.3) is 0 Å². The van der Waals surface area contributed by atoms with E-state index in [4.69, 9.17) is 4.52 Å². The van der Waals surface area contributed by atoms with Gasteiger partial charge in [0.2, 0.25) is 11.8 Å². The molecule has 0 unspecified atom stereocenters. The molecule has 0 aromatic carbocycles. The van der Waals surface area contributed by atoms with Crippen LogP contribution in [-0.2, 0) is 12.0 Å². The molecule has 0 amide bonds. The minimum Gasteiger partial charge on any atom is -0.338 e. The normalized spacial score (nSPS) is 17.0. The molecule has 2 aromatic heterocycles. The molecule has 118 valence electrons. The summed E-state index contributed by atoms with van der Waals surface area (Å²) in [5.41, 5.74) is -0.0783. The monoisotopic (exact) mass is 302 g/mol. The highest BCUT2D eigenvalue weighted by Crippen LogP contribution is 2.19. The van der Waals surface area contributed by atoms with Crippen molar-refractivity contribution in [1.82, 2.24) is 25.0 Å². The summed E-state index contributed by atoms with van der Waals surface area (Å²) in [5.74, 6) is 2.25. The lowest BCUT2D eigenvalue weighted by Crippen LogP contribution is -2.46. The molecule has 0 atom stereocenters. The first kappa shape index (κ1) is 14.9. The Kier molecular flexibility index (Phi) is 4.06. The van der Waals surface area contributed by atoms with Crippen molar-refractivity contribution in [3.63, 3.8) is 0 Å². The van der Waals surface area contributed by atoms with Crippen LogP contribution < -0.4 is 4.90 Å². The quantitative estimate of drug-likeness (QED) is 0.850. The molecule has 3 heterocycles. The number of hydrogen-bond acceptors (Lipinski definition) is 7. The van der Waals surface area contributed by atoms with Gasteiger partial charge in [0, 0.05) is 44.0 Å². The zero-order valence-electron chi connectivity index (χ0n) is 13.4. The zero-order valence-corrected chi connectivity index (χ0v) is 13.4. The lowest BCUT2D eigenvalue weighted by Gasteiger charge is -2.33. The average Bonchev–Trinajstić information content (AvgIpc) is 2.98. The Bertz CT molecular complexity index is 598. The molecule has 22 heavy (non-hydrogen) atoms. The van der Waals surface area contributed by atoms with E-state index in [0.29, 0.717) is 12.4 Å². The van der Waals surface area contributed by atoms with Crippen LogP contribution in [0.5, 0.6) is 0 Å². The summed E-state index contributed by atoms with van der Waals surface area (Å²) in [6.07, 6.45) is 3.56. The molecule has 1 saturated heterocycles. The molecule has 0 radical (unpaired) electrons. The zero-order chi connectivity index (χ0) is 15.6. The first-order valence-corrected chi connectivity index (χ1v) is 7.60. The predicted molar refractivity (Wildman–Crippen MR) is 82.5 cm³/mol. The third-order valence-corrected chi connectivity index (χ3v) is 3.71. The number of hydrogen-bond donors (Lipinski definition) is 0. The Hall–Kier alpha value is -2.02. The van der Waals surface area contributed by atoms with Gasteiger partial charge >= 0.3 is 0 Å². The van der Waals surface area contributed by atoms with Crippen LogP contribution in [0.4, 0.5) is 5.95 Å². The second-order valence-electron chi connectivity index (χ2n) is 6.57. The fourth-order valence-electron chi connectivity index (χ4n) is 2.38. The highest BCUT2D eigenvalue weighted by molar-refractivity contribution is 5.29. The maximum atomic E-state index is 5.36. The maximum Gasteiger partial charge on any atom is 0.240 e. The summed E-state index contributed by atoms with van der Waals surface area (Å²) in [6.45, 7) is 10.6. The number of nitrogens with zero attached hydrogens (tertiary/aromatic N) is 6. The van der Waals surface area contributed by atoms with E-state index < -0.39 is 0 Å². The first-order valence-electron chi connectivity index (χ1n) is 7.60. The van der Waals surface area contributed by atoms with Gasteiger partial charge in [-0.1, -0.05) is 25.9 Å². The van der Waals surface area contributed by atoms with Crippen molar-refractivity contribution in [2.45, 2.75) is 32.7 Å². The number of aromatic nitrogens is 4. The molecule has 0 aliphatic carbocycles. The van der Waals surface area contributed by atoms with Crippen molar-refractivity contribution in [1.29, 1.82) is 0 Å². The molecule has 0 bridgehead atoms. The van der Waals surface area contributed by atoms with Crippen molar-refractivity contribution in [2.75, 3.05) is 31.1 Å². The standard InChI is InChI=1S/C15H22N6O/c1-15(2,3)13-18-12(22-19-13)11-20-7-9-21(10-8-20)14-16-5-4-6-17-14/h4-6H,7-11H2,1-3H3. The van der Waals surface area contributed by atoms with Crippen LogP contribution in [0.15, 0.2) is 23.0 Å². The van der Waals surface area contributed by atoms with E-state index in [1.54, 1.807) is 12.4 Å². The third kappa shape index (κ3) is 3.41. The van der Waals surface area contributed by atoms with Gasteiger partial charge < -0.3 is 9.42 Å². The number of piperazine rings is 1. The molecular weight excluding hydrogens is 280 g/mol. The number of rotatable bonds is 3. The predicted octanol–water partition coefficient (Wildman–Crippen LogP) is 1.48. The Morgan fingerprint density at radius 3 is 2.36 bits per heavy atom. The van der Waals surface area contributed by atoms with Gasteiger partial charge in [-0.3, -0.25) is 4.90 Å². The molecule has 0 N–H and O–H groups in total. The third-order valence-electron chi connectivity index (χ3n) is 3.71. The molecule has 1 fully saturated rings. The van der Waals surface area contributed by atoms with Crippen LogP contribution in [0.2, 0.25) is 0 Å². The van der Waals surface area contributed by atoms with Crippen LogP contribution >= 0.6 is 0 Å². The van der Waals surface area contributed by atoms with Crippen molar-refractivity contribution in [3.8, 4) is 0 Å². The first-order chi connectivity index (χ1) is 10.5. The van der Waals surface area contributed by atoms with Crippen molar-refractivity contribution in [3.05, 3.63) is 30.2 Å². The Morgan fingerprint density at radius 1 is 1.09 bits per heavy atom. The fraction of sp³-hybridized carbons (Fsp3) is 0.600. The molecule has 0 saturated carbocycles. The lowest BCUT2D eigenvalue weighted by molar-refractivity contribution is 0.214. The van der Waals surface area contributed by atoms with E-state index in [1.807, 2.05) is 6.07 Å². The largest absolute Gasteiger partial charge is 0.338 e. The smallest absolute Gasteiger partial charge is 0.240 e. The molecule has 7 heteroatoms. The van der Waals surface area contributed by atoms with Gasteiger partial charge in [-0.2, -0.15) is 4.98 Å². The summed E-state index contributed by atoms with van der Waals surface area (Å²) in [5, 5.41) is 4.07. The molecule has 7 nitrogen and oxygen atoms in total. The Balaban J connectivity index is 1.55. The Morgan fingerprint density at radius 2 is 1.77 bits per heavy atom. The van der Waals surface area contributed by atoms with Crippen molar-refractivity contribution in [2.24, 2.45) is 0 Å². The highest BCUT2D eigenvalue weighted by Gasteiger charge is 2.23. The van der Waals surface area contributed by atoms with Gasteiger partial charge in [0.05, 0.1) is 6.54 Å². The summed E-state index contributed by atoms with van der Waals surface area (Å²) in [6, 6.07) is 1.84. The molecule has 0 spiro atoms. The van der Waals surface area contributed by atoms with Crippen LogP contribution in [0.3, 0.4) is 0 Å². The summed E-state index contributed by atoms with van der Waals surface area (Å²) >= 11 is 0. The fourth-order valence-corrected chi connectivity index (χ4v) is 2.38. The molecule has 1 aliphatic rings. The van der Waals surface area contributed by atoms with Crippen molar-refractivity contribution >= 4 is 5.95 Å². The van der Waals surface area contributed by atoms with Gasteiger partial charge in [0.1, 0.15) is 0 Å². The van der Waals surface area contributed by atoms with Gasteiger partial charge in [-0.15, -0.1) is 0 Å². The molecule has 1 aliphatic heterocycles. The molecule has 2 aromatic rings. The van der Waals surface area contributed by atoms with Gasteiger partial charge in [-0.25, -0.2) is 9.97 Å². The summed E-state index contributed by atoms with van der Waals surface area (Å²) < 4.78 is 5.36. The van der Waals surface area contributed by atoms with E-state index in [2.05, 4.69) is 50.7 Å². The SMILES string of the molecule is CC(C)(C)c1noc(CN2CCN(c3ncccn3)CC2)n1. The summed E-state index contributed by atoms with van der Waals surface area (Å²) in [4.78, 5) is 17.6. The van der Waals surface area contributed by atoms with Crippen LogP contribution in [0.1, 0.15) is 32.5 Å². The van der Waals surface area contributed by atoms with Crippen LogP contribution in [-0.4, -0.2) is 51.2 Å². The van der Waals surface area contributed by atoms with E-state index in [0.717, 1.165) is 38.0 Å². The minimum absolute atomic E-state index is 0.0783. The van der Waals surface area contributed by atoms with Crippen LogP contribution in [0, 0.1) is 0 Å². The number of anilines is 1. The van der Waals surface area contributed by atoms with E-state index in [9.17, 15) is 0 Å².